The second kappa shape index (κ2) is 8.12. The minimum absolute atomic E-state index is 0.106. The van der Waals surface area contributed by atoms with Gasteiger partial charge in [-0.05, 0) is 45.6 Å². The fraction of sp³-hybridized carbons (Fsp3) is 0.667. The number of hydrogen-bond acceptors (Lipinski definition) is 4. The number of nitrogens with one attached hydrogen (secondary N) is 1. The summed E-state index contributed by atoms with van der Waals surface area (Å²) in [5.41, 5.74) is 3.06. The molecule has 24 heavy (non-hydrogen) atoms. The summed E-state index contributed by atoms with van der Waals surface area (Å²) in [6.45, 7) is 5.80. The van der Waals surface area contributed by atoms with E-state index < -0.39 is 0 Å². The highest BCUT2D eigenvalue weighted by Gasteiger charge is 2.28. The molecule has 5 nitrogen and oxygen atoms in total. The molecule has 0 bridgehead atoms. The van der Waals surface area contributed by atoms with E-state index in [1.54, 1.807) is 11.3 Å². The largest absolute Gasteiger partial charge is 0.332 e. The van der Waals surface area contributed by atoms with Crippen molar-refractivity contribution >= 4 is 17.4 Å². The number of urea groups is 1. The lowest BCUT2D eigenvalue weighted by Gasteiger charge is -2.24. The van der Waals surface area contributed by atoms with Gasteiger partial charge in [-0.1, -0.05) is 12.2 Å². The standard InChI is InChI=1S/C18H28N4OS/c1-14-17(24-13-19-14)12-21(2)10-15-8-9-22(11-15)18(23)20-16-6-4-3-5-7-16/h4,6,13,15-16H,3,5,7-12H2,1-2H3,(H,20,23)/t15-,16-/m0/s1. The lowest BCUT2D eigenvalue weighted by atomic mass is 10.0. The van der Waals surface area contributed by atoms with Crippen molar-refractivity contribution in [3.05, 3.63) is 28.2 Å². The van der Waals surface area contributed by atoms with E-state index in [1.165, 1.54) is 11.3 Å². The first-order valence-corrected chi connectivity index (χ1v) is 9.79. The van der Waals surface area contributed by atoms with Gasteiger partial charge in [0.15, 0.2) is 0 Å². The predicted octanol–water partition coefficient (Wildman–Crippen LogP) is 3.02. The minimum atomic E-state index is 0.106. The molecule has 0 saturated carbocycles. The van der Waals surface area contributed by atoms with E-state index in [4.69, 9.17) is 0 Å². The van der Waals surface area contributed by atoms with Gasteiger partial charge < -0.3 is 15.1 Å². The van der Waals surface area contributed by atoms with Crippen LogP contribution in [0.25, 0.3) is 0 Å². The first kappa shape index (κ1) is 17.4. The normalized spacial score (nSPS) is 23.9. The summed E-state index contributed by atoms with van der Waals surface area (Å²) in [5, 5.41) is 3.16. The maximum absolute atomic E-state index is 12.4. The van der Waals surface area contributed by atoms with E-state index in [1.807, 2.05) is 10.4 Å². The maximum Gasteiger partial charge on any atom is 0.317 e. The second-order valence-electron chi connectivity index (χ2n) is 7.07. The highest BCUT2D eigenvalue weighted by molar-refractivity contribution is 7.09. The minimum Gasteiger partial charge on any atom is -0.332 e. The van der Waals surface area contributed by atoms with Crippen molar-refractivity contribution in [1.29, 1.82) is 0 Å². The van der Waals surface area contributed by atoms with Crippen molar-refractivity contribution in [1.82, 2.24) is 20.1 Å². The van der Waals surface area contributed by atoms with Crippen molar-refractivity contribution in [2.75, 3.05) is 26.7 Å². The molecule has 2 aliphatic rings. The van der Waals surface area contributed by atoms with E-state index in [0.29, 0.717) is 5.92 Å². The maximum atomic E-state index is 12.4. The van der Waals surface area contributed by atoms with Crippen LogP contribution in [0, 0.1) is 12.8 Å². The van der Waals surface area contributed by atoms with Crippen molar-refractivity contribution < 1.29 is 4.79 Å². The van der Waals surface area contributed by atoms with E-state index in [2.05, 4.69) is 41.3 Å². The molecule has 0 aromatic carbocycles. The van der Waals surface area contributed by atoms with Gasteiger partial charge in [0, 0.05) is 37.1 Å². The van der Waals surface area contributed by atoms with E-state index in [9.17, 15) is 4.79 Å². The molecule has 0 radical (unpaired) electrons. The van der Waals surface area contributed by atoms with Gasteiger partial charge >= 0.3 is 6.03 Å². The monoisotopic (exact) mass is 348 g/mol. The SMILES string of the molecule is Cc1ncsc1CN(C)C[C@@H]1CCN(C(=O)N[C@H]2C=CCCC2)C1. The summed E-state index contributed by atoms with van der Waals surface area (Å²) < 4.78 is 0. The Balaban J connectivity index is 1.43. The lowest BCUT2D eigenvalue weighted by molar-refractivity contribution is 0.201. The van der Waals surface area contributed by atoms with E-state index in [-0.39, 0.29) is 12.1 Å². The Morgan fingerprint density at radius 3 is 3.08 bits per heavy atom. The third kappa shape index (κ3) is 4.57. The molecular weight excluding hydrogens is 320 g/mol. The van der Waals surface area contributed by atoms with Crippen LogP contribution in [0.1, 0.15) is 36.3 Å². The van der Waals surface area contributed by atoms with Crippen LogP contribution in [0.4, 0.5) is 4.79 Å². The summed E-state index contributed by atoms with van der Waals surface area (Å²) >= 11 is 1.73. The second-order valence-corrected chi connectivity index (χ2v) is 8.01. The van der Waals surface area contributed by atoms with Gasteiger partial charge in [-0.25, -0.2) is 9.78 Å². The average molecular weight is 349 g/mol. The number of aromatic nitrogens is 1. The highest BCUT2D eigenvalue weighted by atomic mass is 32.1. The first-order valence-electron chi connectivity index (χ1n) is 8.91. The van der Waals surface area contributed by atoms with Gasteiger partial charge in [-0.3, -0.25) is 0 Å². The summed E-state index contributed by atoms with van der Waals surface area (Å²) in [5.74, 6) is 0.566. The smallest absolute Gasteiger partial charge is 0.317 e. The number of thiazole rings is 1. The van der Waals surface area contributed by atoms with Gasteiger partial charge in [0.05, 0.1) is 11.2 Å². The zero-order chi connectivity index (χ0) is 16.9. The molecule has 6 heteroatoms. The molecule has 0 spiro atoms. The Kier molecular flexibility index (Phi) is 5.89. The Morgan fingerprint density at radius 1 is 1.50 bits per heavy atom. The third-order valence-electron chi connectivity index (χ3n) is 4.96. The van der Waals surface area contributed by atoms with Crippen molar-refractivity contribution in [3.8, 4) is 0 Å². The summed E-state index contributed by atoms with van der Waals surface area (Å²) in [7, 11) is 2.16. The van der Waals surface area contributed by atoms with Crippen LogP contribution in [0.5, 0.6) is 0 Å². The molecule has 1 aliphatic heterocycles. The van der Waals surface area contributed by atoms with Crippen LogP contribution in [0.2, 0.25) is 0 Å². The molecule has 2 heterocycles. The third-order valence-corrected chi connectivity index (χ3v) is 5.88. The molecule has 1 aromatic heterocycles. The number of aryl methyl sites for hydroxylation is 1. The number of carbonyl (C=O) groups is 1. The van der Waals surface area contributed by atoms with Crippen LogP contribution in [-0.4, -0.2) is 53.5 Å². The molecular formula is C18H28N4OS. The molecule has 1 saturated heterocycles. The van der Waals surface area contributed by atoms with E-state index >= 15 is 0 Å². The summed E-state index contributed by atoms with van der Waals surface area (Å²) in [4.78, 5) is 22.4. The number of hydrogen-bond donors (Lipinski definition) is 1. The summed E-state index contributed by atoms with van der Waals surface area (Å²) in [6.07, 6.45) is 8.80. The molecule has 1 aliphatic carbocycles. The highest BCUT2D eigenvalue weighted by Crippen LogP contribution is 2.20. The Labute approximate surface area is 148 Å². The Bertz CT molecular complexity index is 585. The van der Waals surface area contributed by atoms with E-state index in [0.717, 1.165) is 51.1 Å². The first-order chi connectivity index (χ1) is 11.6. The molecule has 1 aromatic rings. The van der Waals surface area contributed by atoms with Crippen molar-refractivity contribution in [3.63, 3.8) is 0 Å². The topological polar surface area (TPSA) is 48.5 Å². The van der Waals surface area contributed by atoms with Gasteiger partial charge in [0.2, 0.25) is 0 Å². The quantitative estimate of drug-likeness (QED) is 0.832. The van der Waals surface area contributed by atoms with Gasteiger partial charge in [-0.15, -0.1) is 11.3 Å². The average Bonchev–Trinajstić information content (AvgIpc) is 3.18. The fourth-order valence-electron chi connectivity index (χ4n) is 3.58. The predicted molar refractivity (Wildman–Crippen MR) is 98.2 cm³/mol. The number of allylic oxidation sites excluding steroid dienone is 1. The number of carbonyl (C=O) groups excluding carboxylic acids is 1. The number of likely N-dealkylation sites (tertiary alicyclic amines) is 1. The molecule has 0 unspecified atom stereocenters. The van der Waals surface area contributed by atoms with Crippen LogP contribution >= 0.6 is 11.3 Å². The number of nitrogens with zero attached hydrogens (tertiary/aromatic N) is 3. The fourth-order valence-corrected chi connectivity index (χ4v) is 4.43. The van der Waals surface area contributed by atoms with Gasteiger partial charge in [0.1, 0.15) is 0 Å². The molecule has 2 amide bonds. The van der Waals surface area contributed by atoms with Crippen LogP contribution in [0.3, 0.4) is 0 Å². The number of amides is 2. The molecule has 2 atom stereocenters. The van der Waals surface area contributed by atoms with Crippen LogP contribution in [-0.2, 0) is 6.54 Å². The van der Waals surface area contributed by atoms with Gasteiger partial charge in [0.25, 0.3) is 0 Å². The molecule has 1 N–H and O–H groups in total. The Hall–Kier alpha value is -1.40. The molecule has 3 rings (SSSR count). The number of rotatable bonds is 5. The van der Waals surface area contributed by atoms with Crippen LogP contribution in [0.15, 0.2) is 17.7 Å². The van der Waals surface area contributed by atoms with Crippen LogP contribution < -0.4 is 5.32 Å². The molecule has 132 valence electrons. The summed E-state index contributed by atoms with van der Waals surface area (Å²) in [6, 6.07) is 0.331. The lowest BCUT2D eigenvalue weighted by Crippen LogP contribution is -2.44. The van der Waals surface area contributed by atoms with Gasteiger partial charge in [-0.2, -0.15) is 0 Å². The zero-order valence-electron chi connectivity index (χ0n) is 14.7. The Morgan fingerprint density at radius 2 is 2.38 bits per heavy atom. The molecule has 1 fully saturated rings. The zero-order valence-corrected chi connectivity index (χ0v) is 15.5. The van der Waals surface area contributed by atoms with Crippen molar-refractivity contribution in [2.24, 2.45) is 5.92 Å². The van der Waals surface area contributed by atoms with Crippen molar-refractivity contribution in [2.45, 2.75) is 45.2 Å².